The van der Waals surface area contributed by atoms with Crippen molar-refractivity contribution >= 4 is 51.5 Å². The zero-order valence-corrected chi connectivity index (χ0v) is 18.8. The van der Waals surface area contributed by atoms with Crippen LogP contribution in [0, 0.1) is 14.7 Å². The highest BCUT2D eigenvalue weighted by Gasteiger charge is 2.43. The van der Waals surface area contributed by atoms with E-state index in [1.165, 1.54) is 30.5 Å². The second-order valence-electron chi connectivity index (χ2n) is 6.86. The lowest BCUT2D eigenvalue weighted by atomic mass is 9.81. The first kappa shape index (κ1) is 23.4. The van der Waals surface area contributed by atoms with Gasteiger partial charge in [0, 0.05) is 13.0 Å². The maximum Gasteiger partial charge on any atom is 0.391 e. The van der Waals surface area contributed by atoms with E-state index in [0.29, 0.717) is 10.6 Å². The zero-order chi connectivity index (χ0) is 21.1. The number of carbonyl (C=O) groups is 2. The van der Waals surface area contributed by atoms with E-state index in [-0.39, 0.29) is 44.2 Å². The monoisotopic (exact) mass is 533 g/mol. The van der Waals surface area contributed by atoms with Gasteiger partial charge in [-0.2, -0.15) is 13.2 Å². The molecule has 0 N–H and O–H groups in total. The van der Waals surface area contributed by atoms with Gasteiger partial charge in [-0.15, -0.1) is 11.3 Å². The summed E-state index contributed by atoms with van der Waals surface area (Å²) >= 11 is 3.27. The van der Waals surface area contributed by atoms with Gasteiger partial charge in [0.25, 0.3) is 0 Å². The van der Waals surface area contributed by atoms with Crippen LogP contribution in [0.5, 0.6) is 0 Å². The van der Waals surface area contributed by atoms with E-state index < -0.39 is 24.0 Å². The van der Waals surface area contributed by atoms with Gasteiger partial charge in [-0.05, 0) is 61.3 Å². The number of anilines is 1. The lowest BCUT2D eigenvalue weighted by molar-refractivity contribution is -0.184. The Labute approximate surface area is 179 Å². The van der Waals surface area contributed by atoms with E-state index in [4.69, 9.17) is 9.47 Å². The van der Waals surface area contributed by atoms with Crippen LogP contribution >= 0.6 is 33.9 Å². The third kappa shape index (κ3) is 5.38. The molecule has 0 bridgehead atoms. The van der Waals surface area contributed by atoms with Crippen LogP contribution in [0.4, 0.5) is 18.9 Å². The molecule has 0 saturated heterocycles. The Hall–Kier alpha value is -0.880. The molecule has 1 fully saturated rings. The zero-order valence-electron chi connectivity index (χ0n) is 15.8. The van der Waals surface area contributed by atoms with Gasteiger partial charge < -0.3 is 14.4 Å². The van der Waals surface area contributed by atoms with Crippen molar-refractivity contribution in [1.82, 2.24) is 0 Å². The summed E-state index contributed by atoms with van der Waals surface area (Å²) in [5.74, 6) is -2.69. The van der Waals surface area contributed by atoms with Crippen LogP contribution in [0.15, 0.2) is 6.07 Å². The fourth-order valence-electron chi connectivity index (χ4n) is 3.52. The predicted molar refractivity (Wildman–Crippen MR) is 109 cm³/mol. The molecule has 0 aliphatic heterocycles. The first-order valence-electron chi connectivity index (χ1n) is 8.86. The molecule has 1 aliphatic carbocycles. The average molecular weight is 533 g/mol. The molecule has 0 aromatic carbocycles. The molecule has 28 heavy (non-hydrogen) atoms. The maximum atomic E-state index is 13.3. The number of hydrogen-bond donors (Lipinski definition) is 0. The summed E-state index contributed by atoms with van der Waals surface area (Å²) in [6.07, 6.45) is -3.99. The average Bonchev–Trinajstić information content (AvgIpc) is 3.02. The summed E-state index contributed by atoms with van der Waals surface area (Å²) in [6, 6.07) is 1.34. The SMILES string of the molecule is COCC(C)N(c1cc(I)sc1C(=O)OC)C(=O)[C@H]1CC[C@H](C(F)(F)F)CC1. The molecule has 1 atom stereocenters. The summed E-state index contributed by atoms with van der Waals surface area (Å²) in [5, 5.41) is 0. The quantitative estimate of drug-likeness (QED) is 0.387. The van der Waals surface area contributed by atoms with Crippen molar-refractivity contribution in [3.63, 3.8) is 0 Å². The number of esters is 1. The van der Waals surface area contributed by atoms with Crippen LogP contribution in [0.1, 0.15) is 42.3 Å². The highest BCUT2D eigenvalue weighted by molar-refractivity contribution is 14.1. The maximum absolute atomic E-state index is 13.3. The van der Waals surface area contributed by atoms with Crippen molar-refractivity contribution in [2.45, 2.75) is 44.8 Å². The minimum absolute atomic E-state index is 0.0581. The number of alkyl halides is 3. The Balaban J connectivity index is 2.30. The second kappa shape index (κ2) is 9.75. The third-order valence-corrected chi connectivity index (χ3v) is 6.80. The molecular formula is C18H23F3INO4S. The van der Waals surface area contributed by atoms with Crippen molar-refractivity contribution in [2.75, 3.05) is 25.7 Å². The molecule has 158 valence electrons. The van der Waals surface area contributed by atoms with Crippen LogP contribution in [0.2, 0.25) is 0 Å². The van der Waals surface area contributed by atoms with Gasteiger partial charge >= 0.3 is 12.1 Å². The molecular weight excluding hydrogens is 510 g/mol. The third-order valence-electron chi connectivity index (χ3n) is 4.94. The Morgan fingerprint density at radius 3 is 2.39 bits per heavy atom. The summed E-state index contributed by atoms with van der Waals surface area (Å²) < 4.78 is 49.6. The fourth-order valence-corrected chi connectivity index (χ4v) is 5.27. The van der Waals surface area contributed by atoms with Crippen molar-refractivity contribution < 1.29 is 32.2 Å². The van der Waals surface area contributed by atoms with Crippen LogP contribution in [-0.4, -0.2) is 44.9 Å². The number of nitrogens with zero attached hydrogens (tertiary/aromatic N) is 1. The van der Waals surface area contributed by atoms with Gasteiger partial charge in [-0.3, -0.25) is 4.79 Å². The summed E-state index contributed by atoms with van der Waals surface area (Å²) in [7, 11) is 2.77. The van der Waals surface area contributed by atoms with E-state index in [9.17, 15) is 22.8 Å². The van der Waals surface area contributed by atoms with Gasteiger partial charge in [-0.1, -0.05) is 0 Å². The molecule has 1 unspecified atom stereocenters. The van der Waals surface area contributed by atoms with Crippen LogP contribution in [-0.2, 0) is 14.3 Å². The molecule has 1 aromatic rings. The molecule has 5 nitrogen and oxygen atoms in total. The minimum atomic E-state index is -4.22. The lowest BCUT2D eigenvalue weighted by Gasteiger charge is -2.35. The second-order valence-corrected chi connectivity index (χ2v) is 9.81. The van der Waals surface area contributed by atoms with Gasteiger partial charge in [0.2, 0.25) is 5.91 Å². The largest absolute Gasteiger partial charge is 0.465 e. The number of thiophene rings is 1. The van der Waals surface area contributed by atoms with Crippen molar-refractivity contribution in [1.29, 1.82) is 0 Å². The number of halogens is 4. The molecule has 2 rings (SSSR count). The van der Waals surface area contributed by atoms with E-state index in [1.807, 2.05) is 0 Å². The normalized spacial score (nSPS) is 21.2. The first-order chi connectivity index (χ1) is 13.1. The van der Waals surface area contributed by atoms with Gasteiger partial charge in [0.1, 0.15) is 4.88 Å². The Morgan fingerprint density at radius 1 is 1.29 bits per heavy atom. The number of carbonyl (C=O) groups excluding carboxylic acids is 2. The Kier molecular flexibility index (Phi) is 8.15. The molecule has 1 amide bonds. The fraction of sp³-hybridized carbons (Fsp3) is 0.667. The first-order valence-corrected chi connectivity index (χ1v) is 10.8. The Bertz CT molecular complexity index is 701. The highest BCUT2D eigenvalue weighted by atomic mass is 127. The number of amides is 1. The summed E-state index contributed by atoms with van der Waals surface area (Å²) in [6.45, 7) is 2.02. The van der Waals surface area contributed by atoms with Gasteiger partial charge in [-0.25, -0.2) is 4.79 Å². The number of ether oxygens (including phenoxy) is 2. The smallest absolute Gasteiger partial charge is 0.391 e. The van der Waals surface area contributed by atoms with Crippen LogP contribution < -0.4 is 4.90 Å². The predicted octanol–water partition coefficient (Wildman–Crippen LogP) is 4.88. The van der Waals surface area contributed by atoms with Crippen molar-refractivity contribution in [3.8, 4) is 0 Å². The number of hydrogen-bond acceptors (Lipinski definition) is 5. The lowest BCUT2D eigenvalue weighted by Crippen LogP contribution is -2.46. The molecule has 10 heteroatoms. The van der Waals surface area contributed by atoms with Crippen molar-refractivity contribution in [3.05, 3.63) is 13.8 Å². The van der Waals surface area contributed by atoms with Gasteiger partial charge in [0.05, 0.1) is 34.2 Å². The minimum Gasteiger partial charge on any atom is -0.465 e. The van der Waals surface area contributed by atoms with E-state index in [2.05, 4.69) is 22.6 Å². The van der Waals surface area contributed by atoms with E-state index in [0.717, 1.165) is 2.88 Å². The topological polar surface area (TPSA) is 55.8 Å². The summed E-state index contributed by atoms with van der Waals surface area (Å²) in [5.41, 5.74) is 0.425. The molecule has 1 aromatic heterocycles. The standard InChI is InChI=1S/C18H23F3INO4S/c1-10(9-26-2)23(13-8-14(22)28-15(13)17(25)27-3)16(24)11-4-6-12(7-5-11)18(19,20)21/h8,10-12H,4-7,9H2,1-3H3/t10?,11-,12-. The van der Waals surface area contributed by atoms with E-state index in [1.54, 1.807) is 13.0 Å². The molecule has 0 spiro atoms. The highest BCUT2D eigenvalue weighted by Crippen LogP contribution is 2.41. The van der Waals surface area contributed by atoms with Crippen LogP contribution in [0.3, 0.4) is 0 Å². The number of methoxy groups -OCH3 is 2. The van der Waals surface area contributed by atoms with Crippen LogP contribution in [0.25, 0.3) is 0 Å². The molecule has 1 heterocycles. The summed E-state index contributed by atoms with van der Waals surface area (Å²) in [4.78, 5) is 27.2. The van der Waals surface area contributed by atoms with Gasteiger partial charge in [0.15, 0.2) is 0 Å². The van der Waals surface area contributed by atoms with E-state index >= 15 is 0 Å². The number of rotatable bonds is 6. The molecule has 0 radical (unpaired) electrons. The molecule has 1 saturated carbocycles. The molecule has 1 aliphatic rings. The van der Waals surface area contributed by atoms with Crippen molar-refractivity contribution in [2.24, 2.45) is 11.8 Å². The Morgan fingerprint density at radius 2 is 1.89 bits per heavy atom.